The van der Waals surface area contributed by atoms with Gasteiger partial charge in [0.15, 0.2) is 11.6 Å². The van der Waals surface area contributed by atoms with Crippen LogP contribution in [0.4, 0.5) is 4.39 Å². The van der Waals surface area contributed by atoms with Gasteiger partial charge in [-0.25, -0.2) is 24.0 Å². The minimum Gasteiger partial charge on any atom is -0.494 e. The molecule has 0 radical (unpaired) electrons. The first kappa shape index (κ1) is 21.2. The Morgan fingerprint density at radius 1 is 1.30 bits per heavy atom. The number of rotatable bonds is 7. The Morgan fingerprint density at radius 2 is 2.15 bits per heavy atom. The number of methoxy groups -OCH3 is 1. The van der Waals surface area contributed by atoms with Crippen LogP contribution in [-0.4, -0.2) is 37.7 Å². The second kappa shape index (κ2) is 8.70. The van der Waals surface area contributed by atoms with Crippen LogP contribution in [0.1, 0.15) is 45.5 Å². The number of nitrogens with zero attached hydrogens (tertiary/aromatic N) is 5. The summed E-state index contributed by atoms with van der Waals surface area (Å²) >= 11 is 1.55. The molecule has 0 unspecified atom stereocenters. The molecule has 1 aromatic carbocycles. The maximum atomic E-state index is 14.2. The lowest BCUT2D eigenvalue weighted by atomic mass is 10.1. The van der Waals surface area contributed by atoms with E-state index in [1.165, 1.54) is 13.2 Å². The first-order valence-corrected chi connectivity index (χ1v) is 11.4. The average molecular weight is 465 g/mol. The average Bonchev–Trinajstić information content (AvgIpc) is 3.43. The van der Waals surface area contributed by atoms with Gasteiger partial charge in [0.1, 0.15) is 0 Å². The van der Waals surface area contributed by atoms with Gasteiger partial charge in [-0.2, -0.15) is 5.10 Å². The summed E-state index contributed by atoms with van der Waals surface area (Å²) in [6.45, 7) is 2.28. The second-order valence-electron chi connectivity index (χ2n) is 7.76. The lowest BCUT2D eigenvalue weighted by Gasteiger charge is -2.09. The van der Waals surface area contributed by atoms with Crippen LogP contribution >= 0.6 is 11.3 Å². The van der Waals surface area contributed by atoms with Gasteiger partial charge in [0.2, 0.25) is 0 Å². The summed E-state index contributed by atoms with van der Waals surface area (Å²) < 4.78 is 20.8. The quantitative estimate of drug-likeness (QED) is 0.443. The summed E-state index contributed by atoms with van der Waals surface area (Å²) in [5.41, 5.74) is 3.26. The molecule has 0 aliphatic heterocycles. The number of benzene rings is 1. The molecule has 1 saturated carbocycles. The molecule has 1 aliphatic carbocycles. The van der Waals surface area contributed by atoms with Crippen LogP contribution in [0, 0.1) is 12.7 Å². The smallest absolute Gasteiger partial charge is 0.255 e. The van der Waals surface area contributed by atoms with Gasteiger partial charge >= 0.3 is 0 Å². The fourth-order valence-corrected chi connectivity index (χ4v) is 4.25. The number of ether oxygens (including phenoxy) is 1. The predicted molar refractivity (Wildman–Crippen MR) is 121 cm³/mol. The van der Waals surface area contributed by atoms with Crippen molar-refractivity contribution >= 4 is 17.2 Å². The van der Waals surface area contributed by atoms with E-state index < -0.39 is 5.82 Å². The third-order valence-corrected chi connectivity index (χ3v) is 6.21. The molecule has 3 heterocycles. The number of nitrogens with one attached hydrogen (secondary N) is 1. The first-order chi connectivity index (χ1) is 16.0. The van der Waals surface area contributed by atoms with Gasteiger partial charge in [-0.1, -0.05) is 0 Å². The van der Waals surface area contributed by atoms with Crippen molar-refractivity contribution in [3.8, 4) is 23.0 Å². The van der Waals surface area contributed by atoms with E-state index in [4.69, 9.17) is 4.74 Å². The molecule has 0 atom stereocenters. The maximum Gasteiger partial charge on any atom is 0.255 e. The Hall–Kier alpha value is -3.66. The van der Waals surface area contributed by atoms with Crippen molar-refractivity contribution in [3.63, 3.8) is 0 Å². The fraction of sp³-hybridized carbons (Fsp3) is 0.261. The lowest BCUT2D eigenvalue weighted by molar-refractivity contribution is 0.0949. The normalized spacial score (nSPS) is 13.2. The van der Waals surface area contributed by atoms with Crippen LogP contribution in [0.3, 0.4) is 0 Å². The Bertz CT molecular complexity index is 1330. The van der Waals surface area contributed by atoms with E-state index in [2.05, 4.69) is 25.4 Å². The van der Waals surface area contributed by atoms with Gasteiger partial charge in [0.05, 0.1) is 47.5 Å². The highest BCUT2D eigenvalue weighted by Crippen LogP contribution is 2.42. The van der Waals surface area contributed by atoms with E-state index in [1.807, 2.05) is 12.3 Å². The van der Waals surface area contributed by atoms with Gasteiger partial charge in [-0.3, -0.25) is 4.79 Å². The topological polar surface area (TPSA) is 94.8 Å². The molecular formula is C23H21FN6O2S. The van der Waals surface area contributed by atoms with E-state index in [1.54, 1.807) is 46.6 Å². The largest absolute Gasteiger partial charge is 0.494 e. The van der Waals surface area contributed by atoms with Gasteiger partial charge in [0, 0.05) is 23.1 Å². The van der Waals surface area contributed by atoms with Gasteiger partial charge in [-0.15, -0.1) is 11.3 Å². The number of thiazole rings is 1. The molecular weight excluding hydrogens is 443 g/mol. The first-order valence-electron chi connectivity index (χ1n) is 10.5. The van der Waals surface area contributed by atoms with Gasteiger partial charge in [0.25, 0.3) is 11.9 Å². The van der Waals surface area contributed by atoms with Crippen molar-refractivity contribution in [2.45, 2.75) is 32.2 Å². The van der Waals surface area contributed by atoms with E-state index in [9.17, 15) is 9.18 Å². The number of carbonyl (C=O) groups excluding carboxylic acids is 1. The lowest BCUT2D eigenvalue weighted by Crippen LogP contribution is -2.24. The molecule has 8 nitrogen and oxygen atoms in total. The Labute approximate surface area is 193 Å². The second-order valence-corrected chi connectivity index (χ2v) is 8.82. The molecule has 33 heavy (non-hydrogen) atoms. The Balaban J connectivity index is 1.44. The number of amides is 1. The van der Waals surface area contributed by atoms with Crippen molar-refractivity contribution in [1.82, 2.24) is 30.0 Å². The molecule has 5 rings (SSSR count). The van der Waals surface area contributed by atoms with Crippen LogP contribution < -0.4 is 10.1 Å². The number of aromatic nitrogens is 5. The molecule has 4 aromatic rings. The number of hydrogen-bond donors (Lipinski definition) is 1. The zero-order chi connectivity index (χ0) is 22.9. The number of halogens is 1. The highest BCUT2D eigenvalue weighted by atomic mass is 32.1. The van der Waals surface area contributed by atoms with Crippen LogP contribution in [-0.2, 0) is 6.54 Å². The summed E-state index contributed by atoms with van der Waals surface area (Å²) in [6.07, 6.45) is 5.10. The van der Waals surface area contributed by atoms with Crippen molar-refractivity contribution in [3.05, 3.63) is 69.8 Å². The fourth-order valence-electron chi connectivity index (χ4n) is 3.63. The highest BCUT2D eigenvalue weighted by Gasteiger charge is 2.33. The summed E-state index contributed by atoms with van der Waals surface area (Å²) in [6, 6.07) is 6.36. The van der Waals surface area contributed by atoms with Crippen LogP contribution in [0.5, 0.6) is 5.75 Å². The van der Waals surface area contributed by atoms with Crippen LogP contribution in [0.15, 0.2) is 42.0 Å². The van der Waals surface area contributed by atoms with Gasteiger partial charge < -0.3 is 10.1 Å². The van der Waals surface area contributed by atoms with Gasteiger partial charge in [-0.05, 0) is 44.0 Å². The zero-order valence-electron chi connectivity index (χ0n) is 18.1. The zero-order valence-corrected chi connectivity index (χ0v) is 18.9. The van der Waals surface area contributed by atoms with E-state index in [0.29, 0.717) is 29.3 Å². The Kier molecular flexibility index (Phi) is 5.59. The van der Waals surface area contributed by atoms with E-state index in [0.717, 1.165) is 29.2 Å². The SMILES string of the molecule is COc1ccc(-c2ccnc(-n3ncc(C(=O)NCc4csc(C)n4)c3C3CC3)n2)cc1F. The molecule has 1 fully saturated rings. The molecule has 0 spiro atoms. The number of hydrogen-bond acceptors (Lipinski definition) is 7. The monoisotopic (exact) mass is 464 g/mol. The maximum absolute atomic E-state index is 14.2. The van der Waals surface area contributed by atoms with Crippen molar-refractivity contribution in [2.24, 2.45) is 0 Å². The van der Waals surface area contributed by atoms with Crippen molar-refractivity contribution in [1.29, 1.82) is 0 Å². The van der Waals surface area contributed by atoms with Crippen LogP contribution in [0.25, 0.3) is 17.2 Å². The minimum absolute atomic E-state index is 0.166. The van der Waals surface area contributed by atoms with E-state index >= 15 is 0 Å². The third-order valence-electron chi connectivity index (χ3n) is 5.39. The molecule has 0 bridgehead atoms. The predicted octanol–water partition coefficient (Wildman–Crippen LogP) is 4.05. The summed E-state index contributed by atoms with van der Waals surface area (Å²) in [5, 5.41) is 10.2. The van der Waals surface area contributed by atoms with Crippen molar-refractivity contribution in [2.75, 3.05) is 7.11 Å². The number of carbonyl (C=O) groups is 1. The summed E-state index contributed by atoms with van der Waals surface area (Å²) in [4.78, 5) is 26.3. The molecule has 0 saturated heterocycles. The molecule has 1 aliphatic rings. The highest BCUT2D eigenvalue weighted by molar-refractivity contribution is 7.09. The third kappa shape index (κ3) is 4.34. The minimum atomic E-state index is -0.470. The number of aryl methyl sites for hydroxylation is 1. The molecule has 1 amide bonds. The van der Waals surface area contributed by atoms with Crippen LogP contribution in [0.2, 0.25) is 0 Å². The Morgan fingerprint density at radius 3 is 2.85 bits per heavy atom. The molecule has 1 N–H and O–H groups in total. The molecule has 168 valence electrons. The van der Waals surface area contributed by atoms with Crippen molar-refractivity contribution < 1.29 is 13.9 Å². The molecule has 3 aromatic heterocycles. The summed E-state index contributed by atoms with van der Waals surface area (Å²) in [5.74, 6) is 0.0456. The van der Waals surface area contributed by atoms with E-state index in [-0.39, 0.29) is 17.6 Å². The summed E-state index contributed by atoms with van der Waals surface area (Å²) in [7, 11) is 1.42. The standard InChI is InChI=1S/C23H21FN6O2S/c1-13-28-16(12-33-13)10-26-22(31)17-11-27-30(21(17)14-3-4-14)23-25-8-7-19(29-23)15-5-6-20(32-2)18(24)9-15/h5-9,11-12,14H,3-4,10H2,1-2H3,(H,26,31). The molecule has 10 heteroatoms.